The molecule has 1 aromatic carbocycles. The van der Waals surface area contributed by atoms with E-state index in [1.807, 2.05) is 49.0 Å². The zero-order valence-corrected chi connectivity index (χ0v) is 12.7. The zero-order chi connectivity index (χ0) is 14.8. The molecule has 108 valence electrons. The largest absolute Gasteiger partial charge is 0.329 e. The highest BCUT2D eigenvalue weighted by molar-refractivity contribution is 7.98. The topological polar surface area (TPSA) is 55.6 Å². The molecule has 3 aromatic rings. The maximum atomic E-state index is 12.1. The van der Waals surface area contributed by atoms with Gasteiger partial charge in [0.15, 0.2) is 5.16 Å². The van der Waals surface area contributed by atoms with Gasteiger partial charge < -0.3 is 4.57 Å². The van der Waals surface area contributed by atoms with E-state index in [9.17, 15) is 4.79 Å². The van der Waals surface area contributed by atoms with Crippen LogP contribution in [0.4, 0.5) is 0 Å². The normalized spacial score (nSPS) is 11.0. The number of hydrogen-bond donors (Lipinski definition) is 1. The van der Waals surface area contributed by atoms with Gasteiger partial charge in [-0.15, -0.1) is 0 Å². The summed E-state index contributed by atoms with van der Waals surface area (Å²) in [7, 11) is 1.95. The quantitative estimate of drug-likeness (QED) is 0.753. The molecular weight excluding hydrogens is 284 g/mol. The van der Waals surface area contributed by atoms with Crippen LogP contribution in [0.15, 0.2) is 52.7 Å². The van der Waals surface area contributed by atoms with Crippen molar-refractivity contribution >= 4 is 11.8 Å². The number of aryl methyl sites for hydroxylation is 2. The molecule has 6 heteroatoms. The lowest BCUT2D eigenvalue weighted by Crippen LogP contribution is -2.14. The lowest BCUT2D eigenvalue weighted by Gasteiger charge is -2.05. The molecular formula is C15H16N4OS. The Morgan fingerprint density at radius 3 is 2.86 bits per heavy atom. The molecule has 0 radical (unpaired) electrons. The molecule has 21 heavy (non-hydrogen) atoms. The summed E-state index contributed by atoms with van der Waals surface area (Å²) in [6, 6.07) is 9.46. The first kappa shape index (κ1) is 13.8. The number of benzene rings is 1. The molecule has 5 nitrogen and oxygen atoms in total. The number of nitrogens with one attached hydrogen (secondary N) is 1. The van der Waals surface area contributed by atoms with Crippen LogP contribution in [0.25, 0.3) is 5.69 Å². The van der Waals surface area contributed by atoms with Crippen LogP contribution in [0.3, 0.4) is 0 Å². The van der Waals surface area contributed by atoms with Crippen molar-refractivity contribution in [2.45, 2.75) is 17.8 Å². The fourth-order valence-corrected chi connectivity index (χ4v) is 2.98. The first-order valence-corrected chi connectivity index (χ1v) is 7.61. The number of aromatic amines is 1. The van der Waals surface area contributed by atoms with Gasteiger partial charge in [0.25, 0.3) is 5.56 Å². The number of hydrogen-bond acceptors (Lipinski definition) is 3. The van der Waals surface area contributed by atoms with E-state index in [1.165, 1.54) is 0 Å². The molecule has 2 aromatic heterocycles. The van der Waals surface area contributed by atoms with E-state index in [1.54, 1.807) is 28.7 Å². The second-order valence-electron chi connectivity index (χ2n) is 4.85. The van der Waals surface area contributed by atoms with Gasteiger partial charge in [0.1, 0.15) is 0 Å². The number of nitrogens with zero attached hydrogens (tertiary/aromatic N) is 3. The molecule has 0 spiro atoms. The summed E-state index contributed by atoms with van der Waals surface area (Å²) in [5.41, 5.74) is 2.79. The van der Waals surface area contributed by atoms with Crippen LogP contribution in [-0.4, -0.2) is 19.3 Å². The van der Waals surface area contributed by atoms with Crippen molar-refractivity contribution in [3.05, 3.63) is 64.3 Å². The van der Waals surface area contributed by atoms with Crippen molar-refractivity contribution in [2.24, 2.45) is 7.05 Å². The average molecular weight is 300 g/mol. The molecule has 3 rings (SSSR count). The maximum absolute atomic E-state index is 12.1. The minimum absolute atomic E-state index is 0.0419. The van der Waals surface area contributed by atoms with Crippen molar-refractivity contribution in [1.82, 2.24) is 19.3 Å². The molecule has 0 unspecified atom stereocenters. The summed E-state index contributed by atoms with van der Waals surface area (Å²) in [6.45, 7) is 1.99. The first-order valence-electron chi connectivity index (χ1n) is 6.62. The van der Waals surface area contributed by atoms with Crippen LogP contribution in [0.2, 0.25) is 0 Å². The molecule has 0 aliphatic carbocycles. The van der Waals surface area contributed by atoms with E-state index in [0.717, 1.165) is 22.1 Å². The molecule has 1 N–H and O–H groups in total. The van der Waals surface area contributed by atoms with Crippen LogP contribution >= 0.6 is 11.8 Å². The minimum Gasteiger partial charge on any atom is -0.329 e. The Kier molecular flexibility index (Phi) is 3.70. The van der Waals surface area contributed by atoms with E-state index in [-0.39, 0.29) is 5.56 Å². The highest BCUT2D eigenvalue weighted by atomic mass is 32.2. The van der Waals surface area contributed by atoms with Crippen molar-refractivity contribution < 1.29 is 0 Å². The second-order valence-corrected chi connectivity index (χ2v) is 5.79. The minimum atomic E-state index is -0.0419. The van der Waals surface area contributed by atoms with E-state index in [2.05, 4.69) is 10.1 Å². The van der Waals surface area contributed by atoms with Gasteiger partial charge in [0.05, 0.1) is 5.69 Å². The van der Waals surface area contributed by atoms with Gasteiger partial charge in [-0.05, 0) is 18.6 Å². The van der Waals surface area contributed by atoms with Gasteiger partial charge in [0, 0.05) is 37.0 Å². The summed E-state index contributed by atoms with van der Waals surface area (Å²) in [5, 5.41) is 4.10. The van der Waals surface area contributed by atoms with Gasteiger partial charge in [-0.25, -0.2) is 9.67 Å². The van der Waals surface area contributed by atoms with Crippen LogP contribution in [0, 0.1) is 6.92 Å². The number of thioether (sulfide) groups is 1. The second kappa shape index (κ2) is 5.65. The van der Waals surface area contributed by atoms with Gasteiger partial charge >= 0.3 is 0 Å². The summed E-state index contributed by atoms with van der Waals surface area (Å²) < 4.78 is 3.55. The first-order chi connectivity index (χ1) is 10.1. The Morgan fingerprint density at radius 2 is 2.14 bits per heavy atom. The number of aromatic nitrogens is 4. The highest BCUT2D eigenvalue weighted by Crippen LogP contribution is 2.19. The Morgan fingerprint density at radius 1 is 1.33 bits per heavy atom. The van der Waals surface area contributed by atoms with E-state index in [0.29, 0.717) is 5.75 Å². The third-order valence-electron chi connectivity index (χ3n) is 3.26. The summed E-state index contributed by atoms with van der Waals surface area (Å²) in [5.74, 6) is 0.680. The van der Waals surface area contributed by atoms with Gasteiger partial charge in [-0.1, -0.05) is 30.0 Å². The predicted molar refractivity (Wildman–Crippen MR) is 83.9 cm³/mol. The fraction of sp³-hybridized carbons (Fsp3) is 0.200. The molecule has 0 aliphatic heterocycles. The monoisotopic (exact) mass is 300 g/mol. The van der Waals surface area contributed by atoms with Gasteiger partial charge in [-0.2, -0.15) is 0 Å². The highest BCUT2D eigenvalue weighted by Gasteiger charge is 2.08. The van der Waals surface area contributed by atoms with E-state index < -0.39 is 0 Å². The third-order valence-corrected chi connectivity index (χ3v) is 4.37. The Balaban J connectivity index is 1.84. The SMILES string of the molecule is Cc1ccccc1-n1[nH]c(CSc2nccn2C)cc1=O. The smallest absolute Gasteiger partial charge is 0.271 e. The molecule has 0 bridgehead atoms. The molecule has 0 atom stereocenters. The number of para-hydroxylation sites is 1. The van der Waals surface area contributed by atoms with Crippen molar-refractivity contribution in [1.29, 1.82) is 0 Å². The molecule has 0 amide bonds. The summed E-state index contributed by atoms with van der Waals surface area (Å²) in [6.07, 6.45) is 3.67. The third kappa shape index (κ3) is 2.80. The summed E-state index contributed by atoms with van der Waals surface area (Å²) in [4.78, 5) is 16.4. The summed E-state index contributed by atoms with van der Waals surface area (Å²) >= 11 is 1.60. The fourth-order valence-electron chi connectivity index (χ4n) is 2.15. The Bertz CT molecular complexity index is 815. The lowest BCUT2D eigenvalue weighted by molar-refractivity contribution is 0.788. The Labute approximate surface area is 126 Å². The molecule has 0 aliphatic rings. The van der Waals surface area contributed by atoms with Crippen LogP contribution in [0.1, 0.15) is 11.3 Å². The van der Waals surface area contributed by atoms with Crippen LogP contribution in [-0.2, 0) is 12.8 Å². The van der Waals surface area contributed by atoms with E-state index >= 15 is 0 Å². The lowest BCUT2D eigenvalue weighted by atomic mass is 10.2. The Hall–Kier alpha value is -2.21. The van der Waals surface area contributed by atoms with Crippen molar-refractivity contribution in [3.8, 4) is 5.69 Å². The molecule has 0 fully saturated rings. The average Bonchev–Trinajstić information content (AvgIpc) is 3.03. The predicted octanol–water partition coefficient (Wildman–Crippen LogP) is 2.50. The number of H-pyrrole nitrogens is 1. The van der Waals surface area contributed by atoms with Gasteiger partial charge in [0.2, 0.25) is 0 Å². The van der Waals surface area contributed by atoms with Gasteiger partial charge in [-0.3, -0.25) is 9.89 Å². The van der Waals surface area contributed by atoms with Crippen molar-refractivity contribution in [3.63, 3.8) is 0 Å². The van der Waals surface area contributed by atoms with Crippen LogP contribution < -0.4 is 5.56 Å². The maximum Gasteiger partial charge on any atom is 0.271 e. The standard InChI is InChI=1S/C15H16N4OS/c1-11-5-3-4-6-13(11)19-14(20)9-12(17-19)10-21-15-16-7-8-18(15)2/h3-9,17H,10H2,1-2H3. The molecule has 0 saturated heterocycles. The van der Waals surface area contributed by atoms with E-state index in [4.69, 9.17) is 0 Å². The zero-order valence-electron chi connectivity index (χ0n) is 11.9. The van der Waals surface area contributed by atoms with Crippen molar-refractivity contribution in [2.75, 3.05) is 0 Å². The molecule has 0 saturated carbocycles. The molecule has 2 heterocycles. The number of rotatable bonds is 4. The van der Waals surface area contributed by atoms with Crippen LogP contribution in [0.5, 0.6) is 0 Å². The number of imidazole rings is 1.